The van der Waals surface area contributed by atoms with Crippen molar-refractivity contribution in [1.29, 1.82) is 0 Å². The molecule has 16 heteroatoms. The molecule has 0 spiro atoms. The minimum atomic E-state index is -1.20. The van der Waals surface area contributed by atoms with Crippen LogP contribution in [0, 0.1) is 23.2 Å². The lowest BCUT2D eigenvalue weighted by Gasteiger charge is -2.38. The molecule has 1 aromatic heterocycles. The topological polar surface area (TPSA) is 167 Å². The Bertz CT molecular complexity index is 1780. The van der Waals surface area contributed by atoms with Crippen molar-refractivity contribution in [3.8, 4) is 5.69 Å². The Kier molecular flexibility index (Phi) is 13.3. The quantitative estimate of drug-likeness (QED) is 0.303. The summed E-state index contributed by atoms with van der Waals surface area (Å²) in [6.45, 7) is 20.1. The van der Waals surface area contributed by atoms with Gasteiger partial charge in [-0.05, 0) is 116 Å². The van der Waals surface area contributed by atoms with Crippen molar-refractivity contribution in [2.45, 2.75) is 85.5 Å². The number of rotatable bonds is 9. The van der Waals surface area contributed by atoms with E-state index in [0.29, 0.717) is 30.0 Å². The molecule has 4 unspecified atom stereocenters. The van der Waals surface area contributed by atoms with E-state index in [0.717, 1.165) is 25.1 Å². The van der Waals surface area contributed by atoms with E-state index in [1.165, 1.54) is 4.57 Å². The van der Waals surface area contributed by atoms with Crippen LogP contribution in [0.2, 0.25) is 0 Å². The predicted octanol–water partition coefficient (Wildman–Crippen LogP) is 4.71. The van der Waals surface area contributed by atoms with Gasteiger partial charge in [-0.3, -0.25) is 14.7 Å². The number of benzene rings is 1. The Hall–Kier alpha value is -3.93. The summed E-state index contributed by atoms with van der Waals surface area (Å²) < 4.78 is 12.2. The first-order valence-corrected chi connectivity index (χ1v) is 18.8. The third kappa shape index (κ3) is 10.7. The van der Waals surface area contributed by atoms with Crippen LogP contribution >= 0.6 is 24.0 Å². The van der Waals surface area contributed by atoms with Gasteiger partial charge in [-0.15, -0.1) is 24.0 Å². The first kappa shape index (κ1) is 43.8. The summed E-state index contributed by atoms with van der Waals surface area (Å²) in [7, 11) is 2.15. The molecule has 5 rings (SSSR count). The van der Waals surface area contributed by atoms with Crippen molar-refractivity contribution >= 4 is 53.9 Å². The molecule has 2 aromatic rings. The Balaban J connectivity index is 0.00000673. The van der Waals surface area contributed by atoms with E-state index in [9.17, 15) is 24.0 Å². The monoisotopic (exact) mass is 878 g/mol. The maximum absolute atomic E-state index is 13.2. The van der Waals surface area contributed by atoms with Crippen molar-refractivity contribution in [3.63, 3.8) is 0 Å². The smallest absolute Gasteiger partial charge is 0.408 e. The Labute approximate surface area is 341 Å². The number of ether oxygens (including phenoxy) is 2. The number of nitrogens with zero attached hydrogens (tertiary/aromatic N) is 5. The van der Waals surface area contributed by atoms with Gasteiger partial charge in [0.1, 0.15) is 22.6 Å². The number of urea groups is 1. The third-order valence-corrected chi connectivity index (χ3v) is 10.6. The van der Waals surface area contributed by atoms with Gasteiger partial charge in [-0.1, -0.05) is 19.1 Å². The molecule has 3 N–H and O–H groups in total. The van der Waals surface area contributed by atoms with Crippen LogP contribution < -0.4 is 21.6 Å². The molecule has 3 fully saturated rings. The largest absolute Gasteiger partial charge is 0.444 e. The number of aromatic nitrogens is 2. The Morgan fingerprint density at radius 3 is 2.05 bits per heavy atom. The van der Waals surface area contributed by atoms with Crippen LogP contribution in [0.25, 0.3) is 5.69 Å². The van der Waals surface area contributed by atoms with E-state index >= 15 is 0 Å². The van der Waals surface area contributed by atoms with Gasteiger partial charge in [0, 0.05) is 52.0 Å². The van der Waals surface area contributed by atoms with Crippen LogP contribution in [0.4, 0.5) is 20.2 Å². The van der Waals surface area contributed by atoms with Crippen molar-refractivity contribution in [3.05, 3.63) is 52.6 Å². The number of carbonyl (C=O) groups is 4. The summed E-state index contributed by atoms with van der Waals surface area (Å²) >= 11 is 0. The summed E-state index contributed by atoms with van der Waals surface area (Å²) in [6.07, 6.45) is 1.40. The predicted molar refractivity (Wildman–Crippen MR) is 220 cm³/mol. The summed E-state index contributed by atoms with van der Waals surface area (Å²) in [6, 6.07) is 9.03. The number of amides is 5. The minimum absolute atomic E-state index is 0. The van der Waals surface area contributed by atoms with Crippen LogP contribution in [0.15, 0.2) is 41.3 Å². The van der Waals surface area contributed by atoms with Gasteiger partial charge in [0.15, 0.2) is 0 Å². The molecule has 1 aliphatic carbocycles. The number of nitrogens with one attached hydrogen (secondary N) is 3. The van der Waals surface area contributed by atoms with Gasteiger partial charge in [0.2, 0.25) is 5.91 Å². The lowest BCUT2D eigenvalue weighted by Crippen LogP contribution is -2.60. The number of anilines is 1. The summed E-state index contributed by atoms with van der Waals surface area (Å²) in [5.74, 6) is 1.16. The van der Waals surface area contributed by atoms with Crippen molar-refractivity contribution < 1.29 is 28.7 Å². The summed E-state index contributed by atoms with van der Waals surface area (Å²) in [5, 5.41) is 8.34. The SMILES string of the molecule is CC(Cc1ccc(-n2ccc(NC(=O)N3CCN(C(=O)C(C)(C)NC(=O)OC(C)(C)C)CC3)nc2=O)cc1)C12CN(C)CC1C2CNC(=O)OC(C)(C)C.I. The third-order valence-electron chi connectivity index (χ3n) is 10.6. The van der Waals surface area contributed by atoms with Crippen LogP contribution in [-0.4, -0.2) is 118 Å². The second-order valence-corrected chi connectivity index (χ2v) is 17.6. The summed E-state index contributed by atoms with van der Waals surface area (Å²) in [4.78, 5) is 73.5. The lowest BCUT2D eigenvalue weighted by molar-refractivity contribution is -0.138. The number of alkyl carbamates (subject to hydrolysis) is 2. The van der Waals surface area contributed by atoms with E-state index in [1.807, 2.05) is 45.0 Å². The fourth-order valence-electron chi connectivity index (χ4n) is 8.07. The fourth-order valence-corrected chi connectivity index (χ4v) is 8.07. The molecule has 304 valence electrons. The lowest BCUT2D eigenvalue weighted by atomic mass is 9.83. The van der Waals surface area contributed by atoms with Crippen LogP contribution in [-0.2, 0) is 20.7 Å². The van der Waals surface area contributed by atoms with E-state index in [1.54, 1.807) is 56.7 Å². The molecule has 0 bridgehead atoms. The average molecular weight is 879 g/mol. The van der Waals surface area contributed by atoms with Crippen molar-refractivity contribution in [1.82, 2.24) is 34.9 Å². The average Bonchev–Trinajstić information content (AvgIpc) is 3.49. The maximum Gasteiger partial charge on any atom is 0.408 e. The van der Waals surface area contributed by atoms with Crippen LogP contribution in [0.3, 0.4) is 0 Å². The number of piperidine rings is 1. The van der Waals surface area contributed by atoms with Crippen LogP contribution in [0.5, 0.6) is 0 Å². The van der Waals surface area contributed by atoms with Gasteiger partial charge in [0.05, 0.1) is 5.69 Å². The summed E-state index contributed by atoms with van der Waals surface area (Å²) in [5.41, 5.74) is -1.00. The molecule has 4 atom stereocenters. The number of carbonyl (C=O) groups excluding carboxylic acids is 4. The van der Waals surface area contributed by atoms with Crippen LogP contribution in [0.1, 0.15) is 67.9 Å². The molecular weight excluding hydrogens is 819 g/mol. The molecule has 1 aromatic carbocycles. The highest BCUT2D eigenvalue weighted by Gasteiger charge is 2.69. The fraction of sp³-hybridized carbons (Fsp3) is 0.641. The second-order valence-electron chi connectivity index (χ2n) is 17.6. The zero-order valence-electron chi connectivity index (χ0n) is 33.9. The molecule has 3 heterocycles. The number of fused-ring (bicyclic) bond motifs is 1. The molecular formula is C39H59IN8O7. The minimum Gasteiger partial charge on any atom is -0.444 e. The van der Waals surface area contributed by atoms with Crippen molar-refractivity contribution in [2.24, 2.45) is 23.2 Å². The normalized spacial score (nSPS) is 21.8. The molecule has 5 amide bonds. The Morgan fingerprint density at radius 1 is 0.891 bits per heavy atom. The first-order chi connectivity index (χ1) is 25.1. The highest BCUT2D eigenvalue weighted by molar-refractivity contribution is 14.0. The van der Waals surface area contributed by atoms with Gasteiger partial charge in [-0.25, -0.2) is 19.2 Å². The molecule has 15 nitrogen and oxygen atoms in total. The first-order valence-electron chi connectivity index (χ1n) is 18.8. The highest BCUT2D eigenvalue weighted by Crippen LogP contribution is 2.67. The molecule has 3 aliphatic rings. The number of hydrogen-bond acceptors (Lipinski definition) is 9. The van der Waals surface area contributed by atoms with E-state index in [-0.39, 0.29) is 73.4 Å². The highest BCUT2D eigenvalue weighted by atomic mass is 127. The maximum atomic E-state index is 13.2. The molecule has 0 radical (unpaired) electrons. The van der Waals surface area contributed by atoms with Gasteiger partial charge in [0.25, 0.3) is 0 Å². The zero-order chi connectivity index (χ0) is 39.8. The van der Waals surface area contributed by atoms with E-state index < -0.39 is 34.6 Å². The molecule has 1 saturated carbocycles. The molecule has 2 aliphatic heterocycles. The van der Waals surface area contributed by atoms with E-state index in [2.05, 4.69) is 39.8 Å². The number of piperazine rings is 1. The molecule has 2 saturated heterocycles. The Morgan fingerprint density at radius 2 is 1.47 bits per heavy atom. The van der Waals surface area contributed by atoms with Gasteiger partial charge < -0.3 is 34.8 Å². The number of hydrogen-bond donors (Lipinski definition) is 3. The zero-order valence-corrected chi connectivity index (χ0v) is 36.2. The van der Waals surface area contributed by atoms with Gasteiger partial charge in [-0.2, -0.15) is 4.98 Å². The number of halogens is 1. The van der Waals surface area contributed by atoms with Gasteiger partial charge >= 0.3 is 23.9 Å². The number of likely N-dealkylation sites (tertiary alicyclic amines) is 1. The standard InChI is InChI=1S/C39H58N8O7.HI/c1-25(39-24-44(10)23-29(39)28(39)22-40-34(51)53-36(2,3)4)21-26-11-13-27(14-12-26)47-16-15-30(42-33(47)50)41-32(49)46-19-17-45(18-20-46)31(48)38(8,9)43-35(52)54-37(5,6)7;/h11-16,25,28-29H,17-24H2,1-10H3,(H,40,51)(H,43,52)(H,41,42,49,50);1H. The van der Waals surface area contributed by atoms with Crippen molar-refractivity contribution in [2.75, 3.05) is 58.2 Å². The molecule has 55 heavy (non-hydrogen) atoms. The second kappa shape index (κ2) is 16.7. The van der Waals surface area contributed by atoms with E-state index in [4.69, 9.17) is 9.47 Å².